The van der Waals surface area contributed by atoms with E-state index in [0.29, 0.717) is 11.4 Å². The van der Waals surface area contributed by atoms with Gasteiger partial charge < -0.3 is 4.98 Å². The number of nitrogens with one attached hydrogen (secondary N) is 1. The third-order valence-electron chi connectivity index (χ3n) is 2.26. The molecule has 0 spiro atoms. The maximum absolute atomic E-state index is 13.3. The Morgan fingerprint density at radius 3 is 2.81 bits per heavy atom. The Labute approximate surface area is 92.3 Å². The third-order valence-corrected chi connectivity index (χ3v) is 2.26. The van der Waals surface area contributed by atoms with Crippen LogP contribution in [0, 0.1) is 5.82 Å². The Hall–Kier alpha value is -1.97. The van der Waals surface area contributed by atoms with E-state index < -0.39 is 0 Å². The molecule has 0 aliphatic heterocycles. The summed E-state index contributed by atoms with van der Waals surface area (Å²) >= 11 is 0. The maximum Gasteiger partial charge on any atom is 0.144 e. The molecule has 1 heterocycles. The molecule has 0 amide bonds. The van der Waals surface area contributed by atoms with Gasteiger partial charge in [0.1, 0.15) is 17.4 Å². The molecule has 0 bridgehead atoms. The first kappa shape index (κ1) is 10.5. The minimum absolute atomic E-state index is 0.0555. The summed E-state index contributed by atoms with van der Waals surface area (Å²) < 4.78 is 13.3. The molecule has 3 nitrogen and oxygen atoms in total. The molecule has 2 rings (SSSR count). The standard InChI is InChI=1S/C12H11FN2O/c13-11-4-2-1-3-9(11)7-10(16)8-12-14-5-6-15-12/h1-6H,7-8H2,(H,14,15). The average molecular weight is 218 g/mol. The van der Waals surface area contributed by atoms with Crippen molar-refractivity contribution in [2.75, 3.05) is 0 Å². The molecule has 1 aromatic heterocycles. The van der Waals surface area contributed by atoms with E-state index in [4.69, 9.17) is 0 Å². The molecule has 1 N–H and O–H groups in total. The molecular weight excluding hydrogens is 207 g/mol. The number of carbonyl (C=O) groups excluding carboxylic acids is 1. The molecule has 0 saturated carbocycles. The van der Waals surface area contributed by atoms with Crippen molar-refractivity contribution in [3.05, 3.63) is 53.9 Å². The Balaban J connectivity index is 2.00. The fourth-order valence-electron chi connectivity index (χ4n) is 1.50. The van der Waals surface area contributed by atoms with Crippen molar-refractivity contribution in [2.45, 2.75) is 12.8 Å². The Kier molecular flexibility index (Phi) is 3.10. The summed E-state index contributed by atoms with van der Waals surface area (Å²) in [7, 11) is 0. The molecule has 4 heteroatoms. The number of hydrogen-bond acceptors (Lipinski definition) is 2. The quantitative estimate of drug-likeness (QED) is 0.851. The van der Waals surface area contributed by atoms with Crippen LogP contribution in [0.15, 0.2) is 36.7 Å². The van der Waals surface area contributed by atoms with Crippen LogP contribution in [0.4, 0.5) is 4.39 Å². The number of halogens is 1. The van der Waals surface area contributed by atoms with Crippen LogP contribution in [-0.2, 0) is 17.6 Å². The van der Waals surface area contributed by atoms with E-state index >= 15 is 0 Å². The predicted molar refractivity (Wildman–Crippen MR) is 57.4 cm³/mol. The molecule has 0 fully saturated rings. The number of ketones is 1. The van der Waals surface area contributed by atoms with Crippen LogP contribution in [0.3, 0.4) is 0 Å². The van der Waals surface area contributed by atoms with E-state index in [-0.39, 0.29) is 24.4 Å². The molecule has 82 valence electrons. The highest BCUT2D eigenvalue weighted by Crippen LogP contribution is 2.08. The molecule has 2 aromatic rings. The first-order valence-corrected chi connectivity index (χ1v) is 4.99. The smallest absolute Gasteiger partial charge is 0.144 e. The zero-order valence-corrected chi connectivity index (χ0v) is 8.61. The number of aromatic amines is 1. The Morgan fingerprint density at radius 1 is 1.31 bits per heavy atom. The molecule has 16 heavy (non-hydrogen) atoms. The second-order valence-corrected chi connectivity index (χ2v) is 3.52. The lowest BCUT2D eigenvalue weighted by molar-refractivity contribution is -0.117. The van der Waals surface area contributed by atoms with Gasteiger partial charge in [-0.05, 0) is 11.6 Å². The normalized spacial score (nSPS) is 10.3. The van der Waals surface area contributed by atoms with Crippen LogP contribution < -0.4 is 0 Å². The zero-order valence-electron chi connectivity index (χ0n) is 8.61. The Morgan fingerprint density at radius 2 is 2.12 bits per heavy atom. The number of aromatic nitrogens is 2. The number of carbonyl (C=O) groups is 1. The topological polar surface area (TPSA) is 45.8 Å². The lowest BCUT2D eigenvalue weighted by Crippen LogP contribution is -2.08. The lowest BCUT2D eigenvalue weighted by Gasteiger charge is -2.01. The summed E-state index contributed by atoms with van der Waals surface area (Å²) in [5.41, 5.74) is 0.430. The van der Waals surface area contributed by atoms with Gasteiger partial charge in [0.25, 0.3) is 0 Å². The van der Waals surface area contributed by atoms with Gasteiger partial charge in [-0.1, -0.05) is 18.2 Å². The van der Waals surface area contributed by atoms with Crippen molar-refractivity contribution >= 4 is 5.78 Å². The molecule has 0 aliphatic rings. The fraction of sp³-hybridized carbons (Fsp3) is 0.167. The van der Waals surface area contributed by atoms with Gasteiger partial charge in [-0.3, -0.25) is 4.79 Å². The van der Waals surface area contributed by atoms with Crippen molar-refractivity contribution in [3.8, 4) is 0 Å². The van der Waals surface area contributed by atoms with E-state index in [0.717, 1.165) is 0 Å². The van der Waals surface area contributed by atoms with E-state index in [9.17, 15) is 9.18 Å². The van der Waals surface area contributed by atoms with Crippen LogP contribution in [0.2, 0.25) is 0 Å². The van der Waals surface area contributed by atoms with Crippen molar-refractivity contribution in [3.63, 3.8) is 0 Å². The number of benzene rings is 1. The van der Waals surface area contributed by atoms with Gasteiger partial charge >= 0.3 is 0 Å². The minimum Gasteiger partial charge on any atom is -0.348 e. The zero-order chi connectivity index (χ0) is 11.4. The SMILES string of the molecule is O=C(Cc1ncc[nH]1)Cc1ccccc1F. The van der Waals surface area contributed by atoms with Crippen LogP contribution >= 0.6 is 0 Å². The summed E-state index contributed by atoms with van der Waals surface area (Å²) in [5.74, 6) is 0.219. The second kappa shape index (κ2) is 4.70. The largest absolute Gasteiger partial charge is 0.348 e. The summed E-state index contributed by atoms with van der Waals surface area (Å²) in [4.78, 5) is 18.4. The van der Waals surface area contributed by atoms with Crippen molar-refractivity contribution in [1.82, 2.24) is 9.97 Å². The molecule has 0 aliphatic carbocycles. The van der Waals surface area contributed by atoms with Crippen LogP contribution in [0.25, 0.3) is 0 Å². The van der Waals surface area contributed by atoms with Gasteiger partial charge in [0.2, 0.25) is 0 Å². The lowest BCUT2D eigenvalue weighted by atomic mass is 10.1. The molecule has 0 unspecified atom stereocenters. The van der Waals surface area contributed by atoms with Crippen LogP contribution in [0.1, 0.15) is 11.4 Å². The third kappa shape index (κ3) is 2.53. The number of Topliss-reactive ketones (excluding diaryl/α,β-unsaturated/α-hetero) is 1. The fourth-order valence-corrected chi connectivity index (χ4v) is 1.50. The summed E-state index contributed by atoms with van der Waals surface area (Å²) in [6, 6.07) is 6.30. The number of rotatable bonds is 4. The van der Waals surface area contributed by atoms with Crippen molar-refractivity contribution in [1.29, 1.82) is 0 Å². The van der Waals surface area contributed by atoms with Gasteiger partial charge in [-0.15, -0.1) is 0 Å². The van der Waals surface area contributed by atoms with Gasteiger partial charge in [-0.25, -0.2) is 9.37 Å². The summed E-state index contributed by atoms with van der Waals surface area (Å²) in [6.07, 6.45) is 3.56. The van der Waals surface area contributed by atoms with Crippen molar-refractivity contribution in [2.24, 2.45) is 0 Å². The van der Waals surface area contributed by atoms with Crippen LogP contribution in [-0.4, -0.2) is 15.8 Å². The highest BCUT2D eigenvalue weighted by Gasteiger charge is 2.09. The van der Waals surface area contributed by atoms with Crippen LogP contribution in [0.5, 0.6) is 0 Å². The molecular formula is C12H11FN2O. The van der Waals surface area contributed by atoms with Gasteiger partial charge in [0.15, 0.2) is 0 Å². The predicted octanol–water partition coefficient (Wildman–Crippen LogP) is 1.90. The maximum atomic E-state index is 13.3. The average Bonchev–Trinajstić information content (AvgIpc) is 2.74. The van der Waals surface area contributed by atoms with Crippen molar-refractivity contribution < 1.29 is 9.18 Å². The summed E-state index contributed by atoms with van der Waals surface area (Å²) in [5, 5.41) is 0. The number of nitrogens with zero attached hydrogens (tertiary/aromatic N) is 1. The number of H-pyrrole nitrogens is 1. The van der Waals surface area contributed by atoms with Gasteiger partial charge in [-0.2, -0.15) is 0 Å². The second-order valence-electron chi connectivity index (χ2n) is 3.52. The number of imidazole rings is 1. The van der Waals surface area contributed by atoms with Gasteiger partial charge in [0, 0.05) is 18.8 Å². The number of hydrogen-bond donors (Lipinski definition) is 1. The molecule has 0 saturated heterocycles. The molecule has 1 aromatic carbocycles. The molecule has 0 atom stereocenters. The highest BCUT2D eigenvalue weighted by atomic mass is 19.1. The first-order valence-electron chi connectivity index (χ1n) is 4.99. The Bertz CT molecular complexity index is 480. The highest BCUT2D eigenvalue weighted by molar-refractivity contribution is 5.82. The van der Waals surface area contributed by atoms with Gasteiger partial charge in [0.05, 0.1) is 6.42 Å². The monoisotopic (exact) mass is 218 g/mol. The van der Waals surface area contributed by atoms with E-state index in [1.807, 2.05) is 0 Å². The van der Waals surface area contributed by atoms with E-state index in [2.05, 4.69) is 9.97 Å². The van der Waals surface area contributed by atoms with E-state index in [1.165, 1.54) is 6.07 Å². The van der Waals surface area contributed by atoms with E-state index in [1.54, 1.807) is 30.6 Å². The minimum atomic E-state index is -0.338. The molecule has 0 radical (unpaired) electrons. The summed E-state index contributed by atoms with van der Waals surface area (Å²) in [6.45, 7) is 0. The first-order chi connectivity index (χ1) is 7.75.